The van der Waals surface area contributed by atoms with Crippen molar-refractivity contribution in [3.63, 3.8) is 0 Å². The quantitative estimate of drug-likeness (QED) is 0.814. The van der Waals surface area contributed by atoms with Gasteiger partial charge in [-0.3, -0.25) is 9.69 Å². The molecular formula is C16H23ClN2O2. The lowest BCUT2D eigenvalue weighted by Crippen LogP contribution is -2.37. The van der Waals surface area contributed by atoms with Crippen LogP contribution in [0.4, 0.5) is 5.69 Å². The van der Waals surface area contributed by atoms with E-state index in [0.29, 0.717) is 36.3 Å². The van der Waals surface area contributed by atoms with Gasteiger partial charge in [-0.25, -0.2) is 0 Å². The lowest BCUT2D eigenvalue weighted by Gasteiger charge is -2.27. The number of hydrogen-bond acceptors (Lipinski definition) is 3. The number of benzene rings is 1. The Labute approximate surface area is 131 Å². The van der Waals surface area contributed by atoms with Gasteiger partial charge in [0.05, 0.1) is 17.3 Å². The second-order valence-corrected chi connectivity index (χ2v) is 5.88. The third kappa shape index (κ3) is 4.99. The second-order valence-electron chi connectivity index (χ2n) is 5.48. The van der Waals surface area contributed by atoms with E-state index in [2.05, 4.69) is 10.2 Å². The summed E-state index contributed by atoms with van der Waals surface area (Å²) in [5, 5.41) is 12.6. The molecule has 0 saturated heterocycles. The summed E-state index contributed by atoms with van der Waals surface area (Å²) in [7, 11) is 0. The molecule has 0 atom stereocenters. The number of carbonyl (C=O) groups is 1. The molecule has 0 heterocycles. The molecule has 1 aliphatic rings. The van der Waals surface area contributed by atoms with Gasteiger partial charge in [0.15, 0.2) is 0 Å². The van der Waals surface area contributed by atoms with E-state index in [-0.39, 0.29) is 12.5 Å². The minimum Gasteiger partial charge on any atom is -0.395 e. The van der Waals surface area contributed by atoms with Crippen LogP contribution in [0.15, 0.2) is 24.3 Å². The highest BCUT2D eigenvalue weighted by atomic mass is 35.5. The molecule has 2 N–H and O–H groups in total. The number of hydrogen-bond donors (Lipinski definition) is 2. The standard InChI is InChI=1S/C16H23ClN2O2/c17-14-7-3-4-8-15(14)18-16(21)9-10-19(11-12-20)13-5-1-2-6-13/h3-4,7-8,13,20H,1-2,5-6,9-12H2,(H,18,21). The third-order valence-corrected chi connectivity index (χ3v) is 4.33. The topological polar surface area (TPSA) is 52.6 Å². The molecule has 0 unspecified atom stereocenters. The molecule has 0 aromatic heterocycles. The van der Waals surface area contributed by atoms with Crippen molar-refractivity contribution in [2.45, 2.75) is 38.1 Å². The first-order chi connectivity index (χ1) is 10.2. The number of amides is 1. The van der Waals surface area contributed by atoms with Crippen LogP contribution in [-0.2, 0) is 4.79 Å². The van der Waals surface area contributed by atoms with E-state index >= 15 is 0 Å². The molecule has 1 aromatic carbocycles. The van der Waals surface area contributed by atoms with Gasteiger partial charge in [-0.05, 0) is 25.0 Å². The number of nitrogens with one attached hydrogen (secondary N) is 1. The Bertz CT molecular complexity index is 461. The molecule has 1 amide bonds. The molecule has 2 rings (SSSR count). The number of nitrogens with zero attached hydrogens (tertiary/aromatic N) is 1. The summed E-state index contributed by atoms with van der Waals surface area (Å²) < 4.78 is 0. The van der Waals surface area contributed by atoms with Crippen LogP contribution >= 0.6 is 11.6 Å². The first kappa shape index (κ1) is 16.3. The molecule has 21 heavy (non-hydrogen) atoms. The molecule has 1 aromatic rings. The van der Waals surface area contributed by atoms with Gasteiger partial charge < -0.3 is 10.4 Å². The van der Waals surface area contributed by atoms with Crippen molar-refractivity contribution in [1.29, 1.82) is 0 Å². The minimum atomic E-state index is -0.0379. The van der Waals surface area contributed by atoms with Crippen LogP contribution in [-0.4, -0.2) is 41.7 Å². The smallest absolute Gasteiger partial charge is 0.225 e. The molecule has 0 aliphatic heterocycles. The maximum Gasteiger partial charge on any atom is 0.225 e. The molecular weight excluding hydrogens is 288 g/mol. The minimum absolute atomic E-state index is 0.0379. The van der Waals surface area contributed by atoms with Gasteiger partial charge in [0.2, 0.25) is 5.91 Å². The number of aliphatic hydroxyl groups is 1. The molecule has 0 spiro atoms. The van der Waals surface area contributed by atoms with E-state index in [0.717, 1.165) is 0 Å². The van der Waals surface area contributed by atoms with Crippen LogP contribution in [0.3, 0.4) is 0 Å². The Kier molecular flexibility index (Phi) is 6.49. The second kappa shape index (κ2) is 8.37. The zero-order valence-electron chi connectivity index (χ0n) is 12.2. The predicted octanol–water partition coefficient (Wildman–Crippen LogP) is 2.91. The van der Waals surface area contributed by atoms with E-state index in [1.165, 1.54) is 25.7 Å². The summed E-state index contributed by atoms with van der Waals surface area (Å²) in [6.07, 6.45) is 5.26. The molecule has 0 radical (unpaired) electrons. The normalized spacial score (nSPS) is 15.6. The fourth-order valence-corrected chi connectivity index (χ4v) is 3.08. The molecule has 0 bridgehead atoms. The number of halogens is 1. The van der Waals surface area contributed by atoms with Crippen molar-refractivity contribution < 1.29 is 9.90 Å². The van der Waals surface area contributed by atoms with Crippen molar-refractivity contribution in [1.82, 2.24) is 4.90 Å². The predicted molar refractivity (Wildman–Crippen MR) is 85.6 cm³/mol. The van der Waals surface area contributed by atoms with Crippen molar-refractivity contribution in [3.8, 4) is 0 Å². The van der Waals surface area contributed by atoms with Gasteiger partial charge in [-0.15, -0.1) is 0 Å². The van der Waals surface area contributed by atoms with Gasteiger partial charge in [0.1, 0.15) is 0 Å². The summed E-state index contributed by atoms with van der Waals surface area (Å²) in [6, 6.07) is 7.75. The lowest BCUT2D eigenvalue weighted by atomic mass is 10.2. The van der Waals surface area contributed by atoms with Crippen LogP contribution in [0, 0.1) is 0 Å². The SMILES string of the molecule is O=C(CCN(CCO)C1CCCC1)Nc1ccccc1Cl. The van der Waals surface area contributed by atoms with Crippen LogP contribution in [0.1, 0.15) is 32.1 Å². The van der Waals surface area contributed by atoms with Crippen molar-refractivity contribution in [2.75, 3.05) is 25.0 Å². The van der Waals surface area contributed by atoms with Gasteiger partial charge >= 0.3 is 0 Å². The Morgan fingerprint density at radius 1 is 1.29 bits per heavy atom. The number of carbonyl (C=O) groups excluding carboxylic acids is 1. The first-order valence-electron chi connectivity index (χ1n) is 7.60. The van der Waals surface area contributed by atoms with E-state index in [1.807, 2.05) is 12.1 Å². The van der Waals surface area contributed by atoms with E-state index in [9.17, 15) is 9.90 Å². The molecule has 1 saturated carbocycles. The van der Waals surface area contributed by atoms with Gasteiger partial charge in [-0.1, -0.05) is 36.6 Å². The lowest BCUT2D eigenvalue weighted by molar-refractivity contribution is -0.116. The van der Waals surface area contributed by atoms with Crippen LogP contribution < -0.4 is 5.32 Å². The molecule has 116 valence electrons. The molecule has 1 fully saturated rings. The highest BCUT2D eigenvalue weighted by Crippen LogP contribution is 2.24. The molecule has 1 aliphatic carbocycles. The van der Waals surface area contributed by atoms with Crippen molar-refractivity contribution in [2.24, 2.45) is 0 Å². The first-order valence-corrected chi connectivity index (χ1v) is 7.98. The van der Waals surface area contributed by atoms with Gasteiger partial charge in [0.25, 0.3) is 0 Å². The largest absolute Gasteiger partial charge is 0.395 e. The Balaban J connectivity index is 1.82. The Morgan fingerprint density at radius 2 is 2.00 bits per heavy atom. The van der Waals surface area contributed by atoms with Crippen LogP contribution in [0.25, 0.3) is 0 Å². The average molecular weight is 311 g/mol. The third-order valence-electron chi connectivity index (χ3n) is 4.00. The zero-order valence-corrected chi connectivity index (χ0v) is 13.0. The summed E-state index contributed by atoms with van der Waals surface area (Å²) in [4.78, 5) is 14.3. The Morgan fingerprint density at radius 3 is 2.67 bits per heavy atom. The number of para-hydroxylation sites is 1. The molecule has 4 nitrogen and oxygen atoms in total. The fraction of sp³-hybridized carbons (Fsp3) is 0.562. The highest BCUT2D eigenvalue weighted by Gasteiger charge is 2.22. The fourth-order valence-electron chi connectivity index (χ4n) is 2.90. The monoisotopic (exact) mass is 310 g/mol. The summed E-state index contributed by atoms with van der Waals surface area (Å²) in [5.74, 6) is -0.0379. The van der Waals surface area contributed by atoms with Crippen LogP contribution in [0.2, 0.25) is 5.02 Å². The van der Waals surface area contributed by atoms with Crippen molar-refractivity contribution in [3.05, 3.63) is 29.3 Å². The number of anilines is 1. The summed E-state index contributed by atoms with van der Waals surface area (Å²) >= 11 is 6.03. The maximum atomic E-state index is 12.0. The van der Waals surface area contributed by atoms with Crippen LogP contribution in [0.5, 0.6) is 0 Å². The summed E-state index contributed by atoms with van der Waals surface area (Å²) in [6.45, 7) is 1.47. The molecule has 5 heteroatoms. The van der Waals surface area contributed by atoms with Gasteiger partial charge in [0, 0.05) is 25.6 Å². The van der Waals surface area contributed by atoms with E-state index in [1.54, 1.807) is 12.1 Å². The van der Waals surface area contributed by atoms with E-state index < -0.39 is 0 Å². The summed E-state index contributed by atoms with van der Waals surface area (Å²) in [5.41, 5.74) is 0.652. The maximum absolute atomic E-state index is 12.0. The zero-order chi connectivity index (χ0) is 15.1. The van der Waals surface area contributed by atoms with E-state index in [4.69, 9.17) is 11.6 Å². The van der Waals surface area contributed by atoms with Gasteiger partial charge in [-0.2, -0.15) is 0 Å². The Hall–Kier alpha value is -1.10. The number of rotatable bonds is 7. The highest BCUT2D eigenvalue weighted by molar-refractivity contribution is 6.33. The van der Waals surface area contributed by atoms with Crippen molar-refractivity contribution >= 4 is 23.2 Å². The number of aliphatic hydroxyl groups excluding tert-OH is 1. The average Bonchev–Trinajstić information content (AvgIpc) is 3.00.